The molecule has 4 nitrogen and oxygen atoms in total. The Kier molecular flexibility index (Phi) is 3.20. The number of hydrogen-bond acceptors (Lipinski definition) is 4. The zero-order valence-electron chi connectivity index (χ0n) is 8.07. The van der Waals surface area contributed by atoms with Gasteiger partial charge in [-0.3, -0.25) is 0 Å². The Hall–Kier alpha value is -0.880. The van der Waals surface area contributed by atoms with E-state index in [4.69, 9.17) is 0 Å². The summed E-state index contributed by atoms with van der Waals surface area (Å²) in [5.74, 6) is -1.38. The van der Waals surface area contributed by atoms with Crippen molar-refractivity contribution in [2.24, 2.45) is 0 Å². The van der Waals surface area contributed by atoms with E-state index < -0.39 is 15.8 Å². The zero-order valence-corrected chi connectivity index (χ0v) is 10.5. The molecular formula is C9H8BrO4S-. The Morgan fingerprint density at radius 1 is 1.40 bits per heavy atom. The Labute approximate surface area is 96.0 Å². The van der Waals surface area contributed by atoms with E-state index in [1.807, 2.05) is 0 Å². The minimum absolute atomic E-state index is 0.0488. The first-order chi connectivity index (χ1) is 6.73. The van der Waals surface area contributed by atoms with Crippen LogP contribution in [0.4, 0.5) is 0 Å². The second kappa shape index (κ2) is 3.94. The smallest absolute Gasteiger partial charge is 0.176 e. The van der Waals surface area contributed by atoms with Gasteiger partial charge in [0.1, 0.15) is 0 Å². The molecule has 1 rings (SSSR count). The van der Waals surface area contributed by atoms with Crippen molar-refractivity contribution in [2.75, 3.05) is 6.26 Å². The van der Waals surface area contributed by atoms with Gasteiger partial charge < -0.3 is 9.90 Å². The van der Waals surface area contributed by atoms with Gasteiger partial charge in [-0.05, 0) is 40.5 Å². The van der Waals surface area contributed by atoms with Crippen LogP contribution >= 0.6 is 15.9 Å². The predicted octanol–water partition coefficient (Wildman–Crippen LogP) is 0.525. The van der Waals surface area contributed by atoms with Crippen LogP contribution in [0.5, 0.6) is 0 Å². The molecule has 0 spiro atoms. The van der Waals surface area contributed by atoms with Gasteiger partial charge in [0.15, 0.2) is 9.84 Å². The van der Waals surface area contributed by atoms with E-state index in [0.29, 0.717) is 10.0 Å². The van der Waals surface area contributed by atoms with Crippen molar-refractivity contribution >= 4 is 31.7 Å². The Bertz CT molecular complexity index is 519. The summed E-state index contributed by atoms with van der Waals surface area (Å²) in [6.07, 6.45) is 1.02. The summed E-state index contributed by atoms with van der Waals surface area (Å²) in [4.78, 5) is 10.6. The van der Waals surface area contributed by atoms with Gasteiger partial charge in [-0.1, -0.05) is 0 Å². The number of benzene rings is 1. The van der Waals surface area contributed by atoms with E-state index in [0.717, 1.165) is 12.3 Å². The number of hydrogen-bond donors (Lipinski definition) is 0. The van der Waals surface area contributed by atoms with Gasteiger partial charge in [0.2, 0.25) is 0 Å². The predicted molar refractivity (Wildman–Crippen MR) is 56.3 cm³/mol. The normalized spacial score (nSPS) is 11.4. The fraction of sp³-hybridized carbons (Fsp3) is 0.222. The van der Waals surface area contributed by atoms with Gasteiger partial charge >= 0.3 is 0 Å². The maximum Gasteiger partial charge on any atom is 0.176 e. The first kappa shape index (κ1) is 12.2. The number of carboxylic acids is 1. The lowest BCUT2D eigenvalue weighted by atomic mass is 10.1. The lowest BCUT2D eigenvalue weighted by molar-refractivity contribution is -0.255. The SMILES string of the molecule is Cc1cc(Br)c(S(C)(=O)=O)cc1C(=O)[O-]. The van der Waals surface area contributed by atoms with Crippen molar-refractivity contribution in [2.45, 2.75) is 11.8 Å². The number of carbonyl (C=O) groups is 1. The minimum Gasteiger partial charge on any atom is -0.545 e. The fourth-order valence-corrected chi connectivity index (χ4v) is 3.24. The van der Waals surface area contributed by atoms with Crippen molar-refractivity contribution in [3.63, 3.8) is 0 Å². The van der Waals surface area contributed by atoms with E-state index in [9.17, 15) is 18.3 Å². The van der Waals surface area contributed by atoms with Gasteiger partial charge in [-0.15, -0.1) is 0 Å². The van der Waals surface area contributed by atoms with Crippen LogP contribution in [-0.4, -0.2) is 20.6 Å². The van der Waals surface area contributed by atoms with Crippen molar-refractivity contribution < 1.29 is 18.3 Å². The highest BCUT2D eigenvalue weighted by Gasteiger charge is 2.14. The number of rotatable bonds is 2. The molecule has 0 unspecified atom stereocenters. The Morgan fingerprint density at radius 2 is 1.93 bits per heavy atom. The van der Waals surface area contributed by atoms with Gasteiger partial charge in [-0.2, -0.15) is 0 Å². The molecule has 0 atom stereocenters. The molecule has 0 bridgehead atoms. The molecular weight excluding hydrogens is 284 g/mol. The van der Waals surface area contributed by atoms with Gasteiger partial charge in [-0.25, -0.2) is 8.42 Å². The molecule has 6 heteroatoms. The number of halogens is 1. The van der Waals surface area contributed by atoms with E-state index in [-0.39, 0.29) is 10.5 Å². The number of carbonyl (C=O) groups excluding carboxylic acids is 1. The molecule has 0 aliphatic carbocycles. The quantitative estimate of drug-likeness (QED) is 0.796. The number of aryl methyl sites for hydroxylation is 1. The second-order valence-electron chi connectivity index (χ2n) is 3.16. The molecule has 0 aliphatic rings. The highest BCUT2D eigenvalue weighted by Crippen LogP contribution is 2.25. The molecule has 15 heavy (non-hydrogen) atoms. The molecule has 1 aromatic rings. The van der Waals surface area contributed by atoms with Crippen molar-refractivity contribution in [3.8, 4) is 0 Å². The highest BCUT2D eigenvalue weighted by atomic mass is 79.9. The summed E-state index contributed by atoms with van der Waals surface area (Å²) < 4.78 is 22.9. The lowest BCUT2D eigenvalue weighted by Gasteiger charge is -2.10. The summed E-state index contributed by atoms with van der Waals surface area (Å²) >= 11 is 3.07. The van der Waals surface area contributed by atoms with E-state index >= 15 is 0 Å². The summed E-state index contributed by atoms with van der Waals surface area (Å²) in [5.41, 5.74) is 0.341. The molecule has 0 saturated heterocycles. The molecule has 0 amide bonds. The third-order valence-electron chi connectivity index (χ3n) is 1.90. The standard InChI is InChI=1S/C9H9BrO4S/c1-5-3-7(10)8(15(2,13)14)4-6(5)9(11)12/h3-4H,1-2H3,(H,11,12)/p-1. The van der Waals surface area contributed by atoms with Gasteiger partial charge in [0.25, 0.3) is 0 Å². The zero-order chi connectivity index (χ0) is 11.8. The summed E-state index contributed by atoms with van der Waals surface area (Å²) in [5, 5.41) is 10.7. The first-order valence-corrected chi connectivity index (χ1v) is 6.63. The van der Waals surface area contributed by atoms with Crippen LogP contribution in [0.3, 0.4) is 0 Å². The maximum atomic E-state index is 11.3. The second-order valence-corrected chi connectivity index (χ2v) is 6.00. The van der Waals surface area contributed by atoms with E-state index in [2.05, 4.69) is 15.9 Å². The monoisotopic (exact) mass is 291 g/mol. The third kappa shape index (κ3) is 2.57. The first-order valence-electron chi connectivity index (χ1n) is 3.95. The molecule has 0 N–H and O–H groups in total. The molecule has 0 aromatic heterocycles. The topological polar surface area (TPSA) is 74.3 Å². The van der Waals surface area contributed by atoms with E-state index in [1.54, 1.807) is 6.92 Å². The van der Waals surface area contributed by atoms with Crippen LogP contribution in [0.25, 0.3) is 0 Å². The Morgan fingerprint density at radius 3 is 2.33 bits per heavy atom. The van der Waals surface area contributed by atoms with Crippen LogP contribution in [-0.2, 0) is 9.84 Å². The average molecular weight is 292 g/mol. The van der Waals surface area contributed by atoms with Crippen molar-refractivity contribution in [1.82, 2.24) is 0 Å². The molecule has 82 valence electrons. The average Bonchev–Trinajstić information content (AvgIpc) is 2.00. The minimum atomic E-state index is -3.44. The molecule has 0 fully saturated rings. The van der Waals surface area contributed by atoms with Crippen LogP contribution in [0.1, 0.15) is 15.9 Å². The summed E-state index contributed by atoms with van der Waals surface area (Å²) in [6, 6.07) is 2.55. The number of sulfone groups is 1. The van der Waals surface area contributed by atoms with Crippen LogP contribution in [0.2, 0.25) is 0 Å². The van der Waals surface area contributed by atoms with Crippen molar-refractivity contribution in [3.05, 3.63) is 27.7 Å². The number of carboxylic acid groups (broad SMARTS) is 1. The fourth-order valence-electron chi connectivity index (χ4n) is 1.16. The van der Waals surface area contributed by atoms with Gasteiger partial charge in [0, 0.05) is 16.3 Å². The lowest BCUT2D eigenvalue weighted by Crippen LogP contribution is -2.23. The van der Waals surface area contributed by atoms with Gasteiger partial charge in [0.05, 0.1) is 10.9 Å². The van der Waals surface area contributed by atoms with Crippen molar-refractivity contribution in [1.29, 1.82) is 0 Å². The highest BCUT2D eigenvalue weighted by molar-refractivity contribution is 9.10. The number of aromatic carboxylic acids is 1. The van der Waals surface area contributed by atoms with Crippen LogP contribution < -0.4 is 5.11 Å². The largest absolute Gasteiger partial charge is 0.545 e. The molecule has 0 heterocycles. The van der Waals surface area contributed by atoms with Crippen LogP contribution in [0.15, 0.2) is 21.5 Å². The third-order valence-corrected chi connectivity index (χ3v) is 3.95. The summed E-state index contributed by atoms with van der Waals surface area (Å²) in [7, 11) is -3.44. The molecule has 0 saturated carbocycles. The van der Waals surface area contributed by atoms with E-state index in [1.165, 1.54) is 6.07 Å². The molecule has 0 aliphatic heterocycles. The molecule has 0 radical (unpaired) electrons. The summed E-state index contributed by atoms with van der Waals surface area (Å²) in [6.45, 7) is 1.57. The Balaban J connectivity index is 3.58. The maximum absolute atomic E-state index is 11.3. The van der Waals surface area contributed by atoms with Crippen LogP contribution in [0, 0.1) is 6.92 Å². The molecule has 1 aromatic carbocycles.